The summed E-state index contributed by atoms with van der Waals surface area (Å²) in [5.74, 6) is -0.697. The number of rotatable bonds is 5. The van der Waals surface area contributed by atoms with Crippen molar-refractivity contribution >= 4 is 44.9 Å². The molecule has 35 heavy (non-hydrogen) atoms. The van der Waals surface area contributed by atoms with E-state index in [0.29, 0.717) is 19.5 Å². The Hall–Kier alpha value is -3.01. The molecule has 2 heterocycles. The maximum Gasteiger partial charge on any atom is 0.270 e. The highest BCUT2D eigenvalue weighted by molar-refractivity contribution is 7.91. The summed E-state index contributed by atoms with van der Waals surface area (Å²) >= 11 is 12.0. The van der Waals surface area contributed by atoms with Crippen LogP contribution >= 0.6 is 23.2 Å². The number of carbonyl (C=O) groups is 2. The molecule has 2 amide bonds. The van der Waals surface area contributed by atoms with Crippen molar-refractivity contribution < 1.29 is 22.7 Å². The number of hydrogen-bond acceptors (Lipinski definition) is 5. The first-order chi connectivity index (χ1) is 16.5. The van der Waals surface area contributed by atoms with Gasteiger partial charge in [0.05, 0.1) is 12.0 Å². The average molecular weight is 536 g/mol. The molecule has 1 aromatic heterocycles. The van der Waals surface area contributed by atoms with Crippen molar-refractivity contribution in [3.8, 4) is 5.75 Å². The fourth-order valence-electron chi connectivity index (χ4n) is 4.29. The van der Waals surface area contributed by atoms with Gasteiger partial charge in [0.25, 0.3) is 11.8 Å². The minimum absolute atomic E-state index is 0.0116. The Bertz CT molecular complexity index is 1430. The van der Waals surface area contributed by atoms with Crippen molar-refractivity contribution in [2.75, 3.05) is 13.7 Å². The smallest absolute Gasteiger partial charge is 0.270 e. The molecule has 0 saturated carbocycles. The Morgan fingerprint density at radius 3 is 2.37 bits per heavy atom. The molecule has 0 radical (unpaired) electrons. The molecule has 1 aliphatic rings. The number of nitrogens with two attached hydrogens (primary N) is 1. The summed E-state index contributed by atoms with van der Waals surface area (Å²) in [6.07, 6.45) is 1.47. The molecule has 3 aromatic rings. The number of aromatic amines is 1. The average Bonchev–Trinajstić information content (AvgIpc) is 3.02. The van der Waals surface area contributed by atoms with Crippen LogP contribution in [0.5, 0.6) is 5.75 Å². The van der Waals surface area contributed by atoms with E-state index >= 15 is 0 Å². The van der Waals surface area contributed by atoms with E-state index in [-0.39, 0.29) is 36.8 Å². The predicted octanol–water partition coefficient (Wildman–Crippen LogP) is 4.16. The summed E-state index contributed by atoms with van der Waals surface area (Å²) < 4.78 is 32.3. The Morgan fingerprint density at radius 2 is 1.74 bits per heavy atom. The number of amides is 2. The topological polar surface area (TPSA) is 123 Å². The van der Waals surface area contributed by atoms with E-state index < -0.39 is 21.7 Å². The van der Waals surface area contributed by atoms with Gasteiger partial charge >= 0.3 is 0 Å². The molecule has 0 unspecified atom stereocenters. The molecule has 0 fully saturated rings. The van der Waals surface area contributed by atoms with Crippen LogP contribution in [0, 0.1) is 6.92 Å². The summed E-state index contributed by atoms with van der Waals surface area (Å²) in [4.78, 5) is 29.5. The third-order valence-electron chi connectivity index (χ3n) is 6.00. The summed E-state index contributed by atoms with van der Waals surface area (Å²) in [7, 11) is -2.68. The first kappa shape index (κ1) is 25.1. The lowest BCUT2D eigenvalue weighted by molar-refractivity contribution is 0.0740. The lowest BCUT2D eigenvalue weighted by atomic mass is 10.0. The van der Waals surface area contributed by atoms with Gasteiger partial charge in [0.1, 0.15) is 22.0 Å². The van der Waals surface area contributed by atoms with Crippen molar-refractivity contribution in [1.29, 1.82) is 0 Å². The zero-order valence-electron chi connectivity index (χ0n) is 19.0. The summed E-state index contributed by atoms with van der Waals surface area (Å²) in [6, 6.07) is 9.54. The lowest BCUT2D eigenvalue weighted by Gasteiger charge is -2.21. The number of aromatic nitrogens is 1. The first-order valence-corrected chi connectivity index (χ1v) is 13.0. The van der Waals surface area contributed by atoms with Crippen LogP contribution < -0.4 is 10.5 Å². The Morgan fingerprint density at radius 1 is 1.06 bits per heavy atom. The quantitative estimate of drug-likeness (QED) is 0.507. The lowest BCUT2D eigenvalue weighted by Crippen LogP contribution is -2.31. The standard InChI is InChI=1S/C24H23Cl2N3O5S/c1-13-20(24(31)29-7-3-4-14-8-18(34-2)6-5-15(14)12-29)28-21(23(27)30)22(13)35(32,33)19-10-16(25)9-17(26)11-19/h5-6,8-11,28H,3-4,7,12H2,1-2H3,(H2,27,30). The normalized spacial score (nSPS) is 13.8. The van der Waals surface area contributed by atoms with E-state index in [1.54, 1.807) is 12.0 Å². The molecule has 1 aliphatic heterocycles. The van der Waals surface area contributed by atoms with Gasteiger partial charge in [0.2, 0.25) is 9.84 Å². The van der Waals surface area contributed by atoms with Gasteiger partial charge in [-0.25, -0.2) is 8.42 Å². The van der Waals surface area contributed by atoms with Gasteiger partial charge < -0.3 is 20.4 Å². The monoisotopic (exact) mass is 535 g/mol. The number of carbonyl (C=O) groups excluding carboxylic acids is 2. The maximum atomic E-state index is 13.5. The number of nitrogens with zero attached hydrogens (tertiary/aromatic N) is 1. The Labute approximate surface area is 212 Å². The van der Waals surface area contributed by atoms with Gasteiger partial charge in [-0.3, -0.25) is 9.59 Å². The van der Waals surface area contributed by atoms with Crippen LogP contribution in [-0.4, -0.2) is 43.8 Å². The number of sulfone groups is 1. The first-order valence-electron chi connectivity index (χ1n) is 10.7. The fraction of sp³-hybridized carbons (Fsp3) is 0.250. The highest BCUT2D eigenvalue weighted by Crippen LogP contribution is 2.33. The second kappa shape index (κ2) is 9.56. The van der Waals surface area contributed by atoms with Crippen LogP contribution in [0.3, 0.4) is 0 Å². The molecule has 0 saturated heterocycles. The minimum Gasteiger partial charge on any atom is -0.497 e. The number of hydrogen-bond donors (Lipinski definition) is 2. The number of nitrogens with one attached hydrogen (secondary N) is 1. The minimum atomic E-state index is -4.28. The molecule has 0 aliphatic carbocycles. The van der Waals surface area contributed by atoms with Crippen LogP contribution in [0.25, 0.3) is 0 Å². The van der Waals surface area contributed by atoms with Crippen LogP contribution in [0.4, 0.5) is 0 Å². The number of benzene rings is 2. The number of halogens is 2. The molecule has 0 bridgehead atoms. The molecule has 0 atom stereocenters. The van der Waals surface area contributed by atoms with Gasteiger partial charge in [0, 0.05) is 23.1 Å². The molecule has 0 spiro atoms. The van der Waals surface area contributed by atoms with Crippen molar-refractivity contribution in [2.45, 2.75) is 36.1 Å². The van der Waals surface area contributed by atoms with Gasteiger partial charge in [0.15, 0.2) is 0 Å². The second-order valence-electron chi connectivity index (χ2n) is 8.27. The van der Waals surface area contributed by atoms with Gasteiger partial charge in [-0.05, 0) is 66.8 Å². The Kier molecular flexibility index (Phi) is 6.86. The summed E-state index contributed by atoms with van der Waals surface area (Å²) in [5.41, 5.74) is 7.27. The van der Waals surface area contributed by atoms with E-state index in [0.717, 1.165) is 23.3 Å². The molecular formula is C24H23Cl2N3O5S. The molecule has 3 N–H and O–H groups in total. The number of H-pyrrole nitrogens is 1. The van der Waals surface area contributed by atoms with E-state index in [2.05, 4.69) is 4.98 Å². The summed E-state index contributed by atoms with van der Waals surface area (Å²) in [5, 5.41) is 0.224. The van der Waals surface area contributed by atoms with Gasteiger partial charge in [-0.15, -0.1) is 0 Å². The third-order valence-corrected chi connectivity index (χ3v) is 8.34. The third kappa shape index (κ3) is 4.76. The van der Waals surface area contributed by atoms with Gasteiger partial charge in [-0.1, -0.05) is 29.3 Å². The summed E-state index contributed by atoms with van der Waals surface area (Å²) in [6.45, 7) is 2.24. The number of fused-ring (bicyclic) bond motifs is 1. The van der Waals surface area contributed by atoms with Crippen molar-refractivity contribution in [3.63, 3.8) is 0 Å². The SMILES string of the molecule is COc1ccc2c(c1)CCCN(C(=O)c1[nH]c(C(N)=O)c(S(=O)(=O)c3cc(Cl)cc(Cl)c3)c1C)C2. The number of aryl methyl sites for hydroxylation is 1. The second-order valence-corrected chi connectivity index (χ2v) is 11.0. The van der Waals surface area contributed by atoms with Crippen LogP contribution in [0.15, 0.2) is 46.2 Å². The molecule has 184 valence electrons. The highest BCUT2D eigenvalue weighted by atomic mass is 35.5. The molecular weight excluding hydrogens is 513 g/mol. The molecule has 8 nitrogen and oxygen atoms in total. The zero-order valence-corrected chi connectivity index (χ0v) is 21.4. The zero-order chi connectivity index (χ0) is 25.5. The van der Waals surface area contributed by atoms with E-state index in [1.165, 1.54) is 25.1 Å². The number of ether oxygens (including phenoxy) is 1. The highest BCUT2D eigenvalue weighted by Gasteiger charge is 2.34. The van der Waals surface area contributed by atoms with Gasteiger partial charge in [-0.2, -0.15) is 0 Å². The molecule has 4 rings (SSSR count). The van der Waals surface area contributed by atoms with Crippen molar-refractivity contribution in [2.24, 2.45) is 5.73 Å². The number of methoxy groups -OCH3 is 1. The molecule has 2 aromatic carbocycles. The molecule has 11 heteroatoms. The fourth-order valence-corrected chi connectivity index (χ4v) is 6.67. The van der Waals surface area contributed by atoms with Crippen molar-refractivity contribution in [1.82, 2.24) is 9.88 Å². The maximum absolute atomic E-state index is 13.5. The van der Waals surface area contributed by atoms with E-state index in [1.807, 2.05) is 18.2 Å². The largest absolute Gasteiger partial charge is 0.497 e. The van der Waals surface area contributed by atoms with Crippen LogP contribution in [0.2, 0.25) is 10.0 Å². The van der Waals surface area contributed by atoms with Crippen LogP contribution in [-0.2, 0) is 22.8 Å². The van der Waals surface area contributed by atoms with E-state index in [9.17, 15) is 18.0 Å². The number of primary amides is 1. The van der Waals surface area contributed by atoms with Crippen LogP contribution in [0.1, 0.15) is 44.1 Å². The predicted molar refractivity (Wildman–Crippen MR) is 132 cm³/mol. The van der Waals surface area contributed by atoms with Crippen molar-refractivity contribution in [3.05, 3.63) is 74.5 Å². The van der Waals surface area contributed by atoms with E-state index in [4.69, 9.17) is 33.7 Å². The Balaban J connectivity index is 1.76.